The molecule has 1 unspecified atom stereocenters. The van der Waals surface area contributed by atoms with Gasteiger partial charge >= 0.3 is 0 Å². The van der Waals surface area contributed by atoms with Gasteiger partial charge in [-0.25, -0.2) is 4.39 Å². The summed E-state index contributed by atoms with van der Waals surface area (Å²) in [5.41, 5.74) is 4.31. The number of benzene rings is 1. The fourth-order valence-corrected chi connectivity index (χ4v) is 1.98. The molecule has 1 aromatic carbocycles. The molecule has 1 aromatic rings. The second-order valence-corrected chi connectivity index (χ2v) is 4.69. The Hall–Kier alpha value is -0.930. The van der Waals surface area contributed by atoms with Crippen LogP contribution in [-0.4, -0.2) is 11.8 Å². The average molecular weight is 244 g/mol. The van der Waals surface area contributed by atoms with Crippen molar-refractivity contribution in [2.45, 2.75) is 32.5 Å². The van der Waals surface area contributed by atoms with Crippen molar-refractivity contribution in [2.75, 3.05) is 0 Å². The Morgan fingerprint density at radius 1 is 1.50 bits per heavy atom. The molecule has 1 atom stereocenters. The van der Waals surface area contributed by atoms with Gasteiger partial charge in [-0.2, -0.15) is 0 Å². The quantitative estimate of drug-likeness (QED) is 0.829. The van der Waals surface area contributed by atoms with Gasteiger partial charge in [0.05, 0.1) is 6.04 Å². The Kier molecular flexibility index (Phi) is 3.71. The molecule has 0 radical (unpaired) electrons. The zero-order valence-corrected chi connectivity index (χ0v) is 10.3. The summed E-state index contributed by atoms with van der Waals surface area (Å²) < 4.78 is 14.0. The number of ketones is 1. The number of hydrogen-bond acceptors (Lipinski definition) is 2. The van der Waals surface area contributed by atoms with Gasteiger partial charge in [-0.3, -0.25) is 4.79 Å². The van der Waals surface area contributed by atoms with Crippen molar-refractivity contribution in [1.29, 1.82) is 0 Å². The van der Waals surface area contributed by atoms with Crippen LogP contribution in [0.4, 0.5) is 4.39 Å². The van der Waals surface area contributed by atoms with Crippen LogP contribution in [0.5, 0.6) is 0 Å². The van der Waals surface area contributed by atoms with E-state index in [1.165, 1.54) is 13.8 Å². The lowest BCUT2D eigenvalue weighted by molar-refractivity contribution is 0.0961. The van der Waals surface area contributed by atoms with E-state index in [1.807, 2.05) is 0 Å². The molecule has 88 valence electrons. The summed E-state index contributed by atoms with van der Waals surface area (Å²) >= 11 is 5.93. The number of halogens is 2. The molecule has 2 N–H and O–H groups in total. The van der Waals surface area contributed by atoms with Crippen LogP contribution in [0, 0.1) is 0 Å². The van der Waals surface area contributed by atoms with Crippen LogP contribution in [0.15, 0.2) is 18.2 Å². The van der Waals surface area contributed by atoms with E-state index in [-0.39, 0.29) is 21.9 Å². The van der Waals surface area contributed by atoms with E-state index in [0.717, 1.165) is 0 Å². The minimum absolute atomic E-state index is 0.207. The normalized spacial score (nSPS) is 13.6. The van der Waals surface area contributed by atoms with Crippen molar-refractivity contribution in [3.8, 4) is 0 Å². The maximum atomic E-state index is 14.0. The molecule has 0 aliphatic rings. The molecular formula is C12H15ClFNO. The lowest BCUT2D eigenvalue weighted by Gasteiger charge is -2.20. The number of Topliss-reactive ketones (excluding diaryl/α,β-unsaturated/α-hetero) is 1. The van der Waals surface area contributed by atoms with Gasteiger partial charge in [0, 0.05) is 16.1 Å². The van der Waals surface area contributed by atoms with Crippen LogP contribution in [0.1, 0.15) is 36.7 Å². The van der Waals surface area contributed by atoms with Crippen molar-refractivity contribution in [3.63, 3.8) is 0 Å². The highest BCUT2D eigenvalue weighted by Crippen LogP contribution is 2.34. The summed E-state index contributed by atoms with van der Waals surface area (Å²) in [5.74, 6) is -0.303. The highest BCUT2D eigenvalue weighted by Gasteiger charge is 2.28. The van der Waals surface area contributed by atoms with Crippen LogP contribution >= 0.6 is 11.6 Å². The Bertz CT molecular complexity index is 410. The van der Waals surface area contributed by atoms with Gasteiger partial charge in [0.15, 0.2) is 5.78 Å². The molecule has 0 bridgehead atoms. The SMILES string of the molecule is CC(N)C(=O)c1cccc(Cl)c1C(C)(C)F. The summed E-state index contributed by atoms with van der Waals surface area (Å²) in [6, 6.07) is 4.07. The fraction of sp³-hybridized carbons (Fsp3) is 0.417. The van der Waals surface area contributed by atoms with Crippen LogP contribution in [-0.2, 0) is 5.67 Å². The van der Waals surface area contributed by atoms with E-state index in [1.54, 1.807) is 25.1 Å². The fourth-order valence-electron chi connectivity index (χ4n) is 1.58. The molecule has 2 nitrogen and oxygen atoms in total. The maximum absolute atomic E-state index is 14.0. The van der Waals surface area contributed by atoms with Gasteiger partial charge in [-0.15, -0.1) is 0 Å². The highest BCUT2D eigenvalue weighted by atomic mass is 35.5. The first-order valence-corrected chi connectivity index (χ1v) is 5.40. The van der Waals surface area contributed by atoms with Gasteiger partial charge in [0.1, 0.15) is 5.67 Å². The van der Waals surface area contributed by atoms with E-state index in [0.29, 0.717) is 0 Å². The molecule has 0 amide bonds. The lowest BCUT2D eigenvalue weighted by atomic mass is 9.91. The lowest BCUT2D eigenvalue weighted by Crippen LogP contribution is -2.29. The molecule has 16 heavy (non-hydrogen) atoms. The predicted molar refractivity (Wildman–Crippen MR) is 63.6 cm³/mol. The van der Waals surface area contributed by atoms with Gasteiger partial charge < -0.3 is 5.73 Å². The van der Waals surface area contributed by atoms with Crippen molar-refractivity contribution in [3.05, 3.63) is 34.3 Å². The minimum atomic E-state index is -1.67. The highest BCUT2D eigenvalue weighted by molar-refractivity contribution is 6.32. The zero-order chi connectivity index (χ0) is 12.5. The minimum Gasteiger partial charge on any atom is -0.321 e. The molecule has 0 saturated carbocycles. The summed E-state index contributed by atoms with van der Waals surface area (Å²) in [4.78, 5) is 11.8. The van der Waals surface area contributed by atoms with E-state index in [2.05, 4.69) is 0 Å². The molecule has 0 saturated heterocycles. The molecule has 1 rings (SSSR count). The van der Waals surface area contributed by atoms with E-state index >= 15 is 0 Å². The van der Waals surface area contributed by atoms with Crippen molar-refractivity contribution in [1.82, 2.24) is 0 Å². The van der Waals surface area contributed by atoms with Gasteiger partial charge in [0.2, 0.25) is 0 Å². The number of carbonyl (C=O) groups is 1. The second kappa shape index (κ2) is 4.52. The topological polar surface area (TPSA) is 43.1 Å². The molecule has 0 heterocycles. The summed E-state index contributed by atoms with van der Waals surface area (Å²) in [6.07, 6.45) is 0. The molecule has 0 fully saturated rings. The van der Waals surface area contributed by atoms with Crippen LogP contribution in [0.3, 0.4) is 0 Å². The summed E-state index contributed by atoms with van der Waals surface area (Å²) in [7, 11) is 0. The monoisotopic (exact) mass is 243 g/mol. The van der Waals surface area contributed by atoms with Gasteiger partial charge in [-0.1, -0.05) is 23.7 Å². The Morgan fingerprint density at radius 2 is 2.06 bits per heavy atom. The maximum Gasteiger partial charge on any atom is 0.179 e. The average Bonchev–Trinajstić information content (AvgIpc) is 2.14. The smallest absolute Gasteiger partial charge is 0.179 e. The largest absolute Gasteiger partial charge is 0.321 e. The van der Waals surface area contributed by atoms with E-state index in [9.17, 15) is 9.18 Å². The standard InChI is InChI=1S/C12H15ClFNO/c1-7(15)11(16)8-5-4-6-9(13)10(8)12(2,3)14/h4-7H,15H2,1-3H3. The molecule has 0 aliphatic carbocycles. The molecule has 4 heteroatoms. The third kappa shape index (κ3) is 2.60. The zero-order valence-electron chi connectivity index (χ0n) is 9.55. The first-order valence-electron chi connectivity index (χ1n) is 5.03. The number of nitrogens with two attached hydrogens (primary N) is 1. The Labute approximate surface area is 99.6 Å². The van der Waals surface area contributed by atoms with Gasteiger partial charge in [-0.05, 0) is 26.8 Å². The Morgan fingerprint density at radius 3 is 2.50 bits per heavy atom. The number of alkyl halides is 1. The number of rotatable bonds is 3. The number of hydrogen-bond donors (Lipinski definition) is 1. The van der Waals surface area contributed by atoms with Crippen molar-refractivity contribution >= 4 is 17.4 Å². The third-order valence-corrected chi connectivity index (χ3v) is 2.60. The summed E-state index contributed by atoms with van der Waals surface area (Å²) in [5, 5.41) is 0.249. The van der Waals surface area contributed by atoms with E-state index in [4.69, 9.17) is 17.3 Å². The van der Waals surface area contributed by atoms with Crippen LogP contribution in [0.25, 0.3) is 0 Å². The summed E-state index contributed by atoms with van der Waals surface area (Å²) in [6.45, 7) is 4.30. The Balaban J connectivity index is 3.41. The first-order chi connectivity index (χ1) is 7.25. The van der Waals surface area contributed by atoms with E-state index < -0.39 is 11.7 Å². The molecule has 0 spiro atoms. The number of carbonyl (C=O) groups excluding carboxylic acids is 1. The van der Waals surface area contributed by atoms with Crippen LogP contribution < -0.4 is 5.73 Å². The van der Waals surface area contributed by atoms with Gasteiger partial charge in [0.25, 0.3) is 0 Å². The van der Waals surface area contributed by atoms with Crippen molar-refractivity contribution in [2.24, 2.45) is 5.73 Å². The predicted octanol–water partition coefficient (Wildman–Crippen LogP) is 3.07. The third-order valence-electron chi connectivity index (χ3n) is 2.29. The first kappa shape index (κ1) is 13.1. The van der Waals surface area contributed by atoms with Crippen molar-refractivity contribution < 1.29 is 9.18 Å². The molecule has 0 aromatic heterocycles. The molecular weight excluding hydrogens is 229 g/mol. The molecule has 0 aliphatic heterocycles. The van der Waals surface area contributed by atoms with Crippen LogP contribution in [0.2, 0.25) is 5.02 Å². The second-order valence-electron chi connectivity index (χ2n) is 4.29.